The number of rotatable bonds is 5. The van der Waals surface area contributed by atoms with Crippen LogP contribution in [0.2, 0.25) is 5.02 Å². The molecule has 0 atom stereocenters. The monoisotopic (exact) mass is 301 g/mol. The van der Waals surface area contributed by atoms with E-state index in [1.807, 2.05) is 13.8 Å². The summed E-state index contributed by atoms with van der Waals surface area (Å²) in [5.41, 5.74) is 2.24. The average Bonchev–Trinajstić information content (AvgIpc) is 2.50. The van der Waals surface area contributed by atoms with E-state index < -0.39 is 0 Å². The van der Waals surface area contributed by atoms with Gasteiger partial charge in [0.2, 0.25) is 0 Å². The van der Waals surface area contributed by atoms with Crippen molar-refractivity contribution in [1.82, 2.24) is 9.97 Å². The molecule has 0 bridgehead atoms. The van der Waals surface area contributed by atoms with Crippen molar-refractivity contribution in [2.45, 2.75) is 20.3 Å². The second-order valence-electron chi connectivity index (χ2n) is 4.36. The van der Waals surface area contributed by atoms with E-state index in [1.54, 1.807) is 18.2 Å². The molecule has 2 aromatic rings. The van der Waals surface area contributed by atoms with Crippen molar-refractivity contribution in [2.24, 2.45) is 0 Å². The molecule has 0 unspecified atom stereocenters. The second-order valence-corrected chi connectivity index (χ2v) is 4.77. The topological polar surface area (TPSA) is 73.6 Å². The first-order valence-corrected chi connectivity index (χ1v) is 7.11. The number of nitrogens with one attached hydrogen (secondary N) is 2. The number of benzene rings is 1. The van der Waals surface area contributed by atoms with Gasteiger partial charge in [-0.3, -0.25) is 0 Å². The van der Waals surface area contributed by atoms with Crippen LogP contribution in [0, 0.1) is 11.3 Å². The molecule has 6 heteroatoms. The molecule has 0 spiro atoms. The molecule has 1 aromatic carbocycles. The van der Waals surface area contributed by atoms with Crippen LogP contribution in [0.4, 0.5) is 17.3 Å². The third-order valence-corrected chi connectivity index (χ3v) is 3.31. The van der Waals surface area contributed by atoms with Crippen LogP contribution < -0.4 is 10.6 Å². The summed E-state index contributed by atoms with van der Waals surface area (Å²) >= 11 is 6.18. The molecule has 0 radical (unpaired) electrons. The molecular weight excluding hydrogens is 286 g/mol. The highest BCUT2D eigenvalue weighted by molar-refractivity contribution is 6.33. The number of aromatic nitrogens is 2. The standard InChI is InChI=1S/C15H16ClN5/c1-3-11-14(18-4-2)19-9-20-15(11)21-13-6-5-10(8-17)7-12(13)16/h5-7,9H,3-4H2,1-2H3,(H2,18,19,20,21). The first kappa shape index (κ1) is 15.1. The zero-order chi connectivity index (χ0) is 15.2. The fraction of sp³-hybridized carbons (Fsp3) is 0.267. The van der Waals surface area contributed by atoms with Gasteiger partial charge in [0.05, 0.1) is 22.3 Å². The quantitative estimate of drug-likeness (QED) is 0.880. The number of halogens is 1. The fourth-order valence-electron chi connectivity index (χ4n) is 1.99. The van der Waals surface area contributed by atoms with Crippen molar-refractivity contribution < 1.29 is 0 Å². The van der Waals surface area contributed by atoms with E-state index in [9.17, 15) is 0 Å². The van der Waals surface area contributed by atoms with Gasteiger partial charge in [0.1, 0.15) is 18.0 Å². The molecule has 5 nitrogen and oxygen atoms in total. The van der Waals surface area contributed by atoms with Crippen molar-refractivity contribution in [2.75, 3.05) is 17.2 Å². The smallest absolute Gasteiger partial charge is 0.139 e. The summed E-state index contributed by atoms with van der Waals surface area (Å²) in [4.78, 5) is 8.54. The highest BCUT2D eigenvalue weighted by Crippen LogP contribution is 2.29. The van der Waals surface area contributed by atoms with Gasteiger partial charge in [-0.2, -0.15) is 5.26 Å². The van der Waals surface area contributed by atoms with Crippen molar-refractivity contribution in [3.8, 4) is 6.07 Å². The highest BCUT2D eigenvalue weighted by atomic mass is 35.5. The van der Waals surface area contributed by atoms with Gasteiger partial charge in [0, 0.05) is 12.1 Å². The zero-order valence-corrected chi connectivity index (χ0v) is 12.7. The Bertz CT molecular complexity index is 678. The minimum absolute atomic E-state index is 0.486. The minimum Gasteiger partial charge on any atom is -0.370 e. The van der Waals surface area contributed by atoms with E-state index in [4.69, 9.17) is 16.9 Å². The van der Waals surface area contributed by atoms with Crippen LogP contribution in [0.5, 0.6) is 0 Å². The molecule has 0 aliphatic carbocycles. The number of hydrogen-bond donors (Lipinski definition) is 2. The van der Waals surface area contributed by atoms with Crippen molar-refractivity contribution >= 4 is 28.9 Å². The third kappa shape index (κ3) is 3.41. The Labute approximate surface area is 129 Å². The Morgan fingerprint density at radius 3 is 2.62 bits per heavy atom. The first-order valence-electron chi connectivity index (χ1n) is 6.74. The Hall–Kier alpha value is -2.32. The van der Waals surface area contributed by atoms with Crippen LogP contribution in [-0.2, 0) is 6.42 Å². The molecule has 0 amide bonds. The number of nitriles is 1. The van der Waals surface area contributed by atoms with Crippen LogP contribution in [-0.4, -0.2) is 16.5 Å². The summed E-state index contributed by atoms with van der Waals surface area (Å²) in [5.74, 6) is 1.54. The molecule has 2 rings (SSSR count). The molecule has 0 saturated heterocycles. The summed E-state index contributed by atoms with van der Waals surface area (Å²) in [6.07, 6.45) is 2.30. The number of anilines is 3. The van der Waals surface area contributed by atoms with Crippen molar-refractivity contribution in [3.05, 3.63) is 40.7 Å². The lowest BCUT2D eigenvalue weighted by Gasteiger charge is -2.14. The maximum absolute atomic E-state index is 8.86. The van der Waals surface area contributed by atoms with Gasteiger partial charge in [-0.05, 0) is 31.5 Å². The van der Waals surface area contributed by atoms with Crippen LogP contribution >= 0.6 is 11.6 Å². The highest BCUT2D eigenvalue weighted by Gasteiger charge is 2.11. The second kappa shape index (κ2) is 6.91. The third-order valence-electron chi connectivity index (χ3n) is 2.99. The molecule has 0 aliphatic rings. The Balaban J connectivity index is 2.35. The normalized spacial score (nSPS) is 10.0. The van der Waals surface area contributed by atoms with Crippen LogP contribution in [0.15, 0.2) is 24.5 Å². The predicted octanol–water partition coefficient (Wildman–Crippen LogP) is 3.74. The van der Waals surface area contributed by atoms with Crippen LogP contribution in [0.1, 0.15) is 25.0 Å². The van der Waals surface area contributed by atoms with Gasteiger partial charge in [0.25, 0.3) is 0 Å². The van der Waals surface area contributed by atoms with Gasteiger partial charge in [-0.25, -0.2) is 9.97 Å². The molecule has 108 valence electrons. The Morgan fingerprint density at radius 1 is 1.24 bits per heavy atom. The molecule has 1 aromatic heterocycles. The van der Waals surface area contributed by atoms with E-state index in [-0.39, 0.29) is 0 Å². The summed E-state index contributed by atoms with van der Waals surface area (Å²) in [6, 6.07) is 7.17. The van der Waals surface area contributed by atoms with E-state index in [0.29, 0.717) is 16.3 Å². The van der Waals surface area contributed by atoms with Gasteiger partial charge >= 0.3 is 0 Å². The Morgan fingerprint density at radius 2 is 2.00 bits per heavy atom. The molecule has 2 N–H and O–H groups in total. The summed E-state index contributed by atoms with van der Waals surface area (Å²) in [6.45, 7) is 4.86. The lowest BCUT2D eigenvalue weighted by molar-refractivity contribution is 1.03. The van der Waals surface area contributed by atoms with E-state index >= 15 is 0 Å². The maximum atomic E-state index is 8.86. The molecular formula is C15H16ClN5. The van der Waals surface area contributed by atoms with Crippen molar-refractivity contribution in [3.63, 3.8) is 0 Å². The van der Waals surface area contributed by atoms with E-state index in [0.717, 1.165) is 30.2 Å². The predicted molar refractivity (Wildman–Crippen MR) is 85.0 cm³/mol. The number of hydrogen-bond acceptors (Lipinski definition) is 5. The fourth-order valence-corrected chi connectivity index (χ4v) is 2.22. The minimum atomic E-state index is 0.486. The molecule has 0 aliphatic heterocycles. The largest absolute Gasteiger partial charge is 0.370 e. The molecule has 21 heavy (non-hydrogen) atoms. The Kier molecular flexibility index (Phi) is 4.96. The van der Waals surface area contributed by atoms with Gasteiger partial charge in [-0.1, -0.05) is 18.5 Å². The van der Waals surface area contributed by atoms with Gasteiger partial charge in [0.15, 0.2) is 0 Å². The average molecular weight is 302 g/mol. The SMILES string of the molecule is CCNc1ncnc(Nc2ccc(C#N)cc2Cl)c1CC. The summed E-state index contributed by atoms with van der Waals surface area (Å²) in [5, 5.41) is 15.8. The van der Waals surface area contributed by atoms with E-state index in [2.05, 4.69) is 26.7 Å². The summed E-state index contributed by atoms with van der Waals surface area (Å²) < 4.78 is 0. The first-order chi connectivity index (χ1) is 10.2. The lowest BCUT2D eigenvalue weighted by Crippen LogP contribution is -2.07. The maximum Gasteiger partial charge on any atom is 0.139 e. The number of nitrogens with zero attached hydrogens (tertiary/aromatic N) is 3. The van der Waals surface area contributed by atoms with Gasteiger partial charge in [-0.15, -0.1) is 0 Å². The van der Waals surface area contributed by atoms with Crippen molar-refractivity contribution in [1.29, 1.82) is 5.26 Å². The van der Waals surface area contributed by atoms with Crippen LogP contribution in [0.25, 0.3) is 0 Å². The van der Waals surface area contributed by atoms with E-state index in [1.165, 1.54) is 6.33 Å². The van der Waals surface area contributed by atoms with Crippen LogP contribution in [0.3, 0.4) is 0 Å². The van der Waals surface area contributed by atoms with Gasteiger partial charge < -0.3 is 10.6 Å². The molecule has 1 heterocycles. The summed E-state index contributed by atoms with van der Waals surface area (Å²) in [7, 11) is 0. The lowest BCUT2D eigenvalue weighted by atomic mass is 10.2. The zero-order valence-electron chi connectivity index (χ0n) is 11.9. The molecule has 0 fully saturated rings. The molecule has 0 saturated carbocycles.